The van der Waals surface area contributed by atoms with Gasteiger partial charge in [0.25, 0.3) is 0 Å². The molecule has 0 saturated carbocycles. The molecule has 2 nitrogen and oxygen atoms in total. The summed E-state index contributed by atoms with van der Waals surface area (Å²) in [4.78, 5) is 2.33. The molecule has 1 aromatic carbocycles. The van der Waals surface area contributed by atoms with Gasteiger partial charge in [-0.15, -0.1) is 0 Å². The molecule has 17 heavy (non-hydrogen) atoms. The van der Waals surface area contributed by atoms with Crippen LogP contribution in [0.5, 0.6) is 0 Å². The van der Waals surface area contributed by atoms with Crippen LogP contribution in [0.4, 0.5) is 4.39 Å². The van der Waals surface area contributed by atoms with Gasteiger partial charge in [0.1, 0.15) is 5.82 Å². The van der Waals surface area contributed by atoms with Gasteiger partial charge in [-0.25, -0.2) is 4.39 Å². The summed E-state index contributed by atoms with van der Waals surface area (Å²) in [6.45, 7) is 2.26. The van der Waals surface area contributed by atoms with Crippen molar-refractivity contribution in [2.45, 2.75) is 31.7 Å². The largest absolute Gasteiger partial charge is 0.395 e. The minimum Gasteiger partial charge on any atom is -0.395 e. The molecule has 1 N–H and O–H groups in total. The van der Waals surface area contributed by atoms with Crippen molar-refractivity contribution >= 4 is 0 Å². The number of benzene rings is 1. The maximum atomic E-state index is 13.1. The number of nitrogens with zero attached hydrogens (tertiary/aromatic N) is 1. The summed E-state index contributed by atoms with van der Waals surface area (Å²) in [5, 5.41) is 9.47. The molecule has 1 saturated heterocycles. The van der Waals surface area contributed by atoms with Crippen LogP contribution in [-0.4, -0.2) is 35.7 Å². The second-order valence-electron chi connectivity index (χ2n) is 4.77. The Bertz CT molecular complexity index is 350. The van der Waals surface area contributed by atoms with Crippen molar-refractivity contribution in [2.75, 3.05) is 19.7 Å². The minimum absolute atomic E-state index is 0.136. The standard InChI is InChI=1S/C14H20FNO/c15-13-6-4-5-12(9-13)10-14(11-17)16-7-2-1-3-8-16/h4-6,9,14,17H,1-3,7-8,10-11H2. The molecule has 1 aliphatic heterocycles. The second-order valence-corrected chi connectivity index (χ2v) is 4.77. The van der Waals surface area contributed by atoms with Crippen LogP contribution in [0.25, 0.3) is 0 Å². The van der Waals surface area contributed by atoms with Crippen LogP contribution in [0.2, 0.25) is 0 Å². The lowest BCUT2D eigenvalue weighted by Crippen LogP contribution is -2.42. The first-order valence-corrected chi connectivity index (χ1v) is 6.39. The van der Waals surface area contributed by atoms with Gasteiger partial charge in [0.2, 0.25) is 0 Å². The van der Waals surface area contributed by atoms with Gasteiger partial charge < -0.3 is 5.11 Å². The van der Waals surface area contributed by atoms with Crippen molar-refractivity contribution in [2.24, 2.45) is 0 Å². The zero-order chi connectivity index (χ0) is 12.1. The highest BCUT2D eigenvalue weighted by atomic mass is 19.1. The first-order chi connectivity index (χ1) is 8.29. The lowest BCUT2D eigenvalue weighted by Gasteiger charge is -2.33. The van der Waals surface area contributed by atoms with E-state index in [9.17, 15) is 9.50 Å². The van der Waals surface area contributed by atoms with Gasteiger partial charge >= 0.3 is 0 Å². The van der Waals surface area contributed by atoms with Crippen molar-refractivity contribution in [3.63, 3.8) is 0 Å². The first-order valence-electron chi connectivity index (χ1n) is 6.39. The molecule has 3 heteroatoms. The third kappa shape index (κ3) is 3.51. The molecular formula is C14H20FNO. The number of hydrogen-bond acceptors (Lipinski definition) is 2. The number of rotatable bonds is 4. The monoisotopic (exact) mass is 237 g/mol. The first kappa shape index (κ1) is 12.5. The third-order valence-corrected chi connectivity index (χ3v) is 3.48. The van der Waals surface area contributed by atoms with E-state index in [0.29, 0.717) is 0 Å². The van der Waals surface area contributed by atoms with E-state index in [0.717, 1.165) is 25.1 Å². The van der Waals surface area contributed by atoms with Gasteiger partial charge in [-0.1, -0.05) is 18.6 Å². The lowest BCUT2D eigenvalue weighted by molar-refractivity contribution is 0.104. The summed E-state index contributed by atoms with van der Waals surface area (Å²) in [6.07, 6.45) is 4.43. The minimum atomic E-state index is -0.196. The molecule has 1 aliphatic rings. The van der Waals surface area contributed by atoms with Crippen molar-refractivity contribution < 1.29 is 9.50 Å². The van der Waals surface area contributed by atoms with Crippen LogP contribution < -0.4 is 0 Å². The summed E-state index contributed by atoms with van der Waals surface area (Å²) in [5.41, 5.74) is 0.967. The highest BCUT2D eigenvalue weighted by molar-refractivity contribution is 5.17. The van der Waals surface area contributed by atoms with Gasteiger partial charge in [-0.05, 0) is 50.0 Å². The molecule has 0 aliphatic carbocycles. The van der Waals surface area contributed by atoms with E-state index in [2.05, 4.69) is 4.90 Å². The van der Waals surface area contributed by atoms with Crippen LogP contribution in [-0.2, 0) is 6.42 Å². The van der Waals surface area contributed by atoms with Crippen molar-refractivity contribution in [1.82, 2.24) is 4.90 Å². The topological polar surface area (TPSA) is 23.5 Å². The van der Waals surface area contributed by atoms with Crippen LogP contribution in [0.15, 0.2) is 24.3 Å². The molecule has 0 amide bonds. The van der Waals surface area contributed by atoms with E-state index < -0.39 is 0 Å². The van der Waals surface area contributed by atoms with Crippen molar-refractivity contribution in [3.8, 4) is 0 Å². The zero-order valence-corrected chi connectivity index (χ0v) is 10.1. The van der Waals surface area contributed by atoms with E-state index in [1.807, 2.05) is 6.07 Å². The van der Waals surface area contributed by atoms with E-state index in [1.165, 1.54) is 25.3 Å². The number of hydrogen-bond donors (Lipinski definition) is 1. The second kappa shape index (κ2) is 6.12. The summed E-state index contributed by atoms with van der Waals surface area (Å²) in [7, 11) is 0. The Morgan fingerprint density at radius 2 is 2.00 bits per heavy atom. The number of aliphatic hydroxyl groups is 1. The maximum absolute atomic E-state index is 13.1. The Kier molecular flexibility index (Phi) is 4.51. The molecule has 0 aromatic heterocycles. The smallest absolute Gasteiger partial charge is 0.123 e. The molecular weight excluding hydrogens is 217 g/mol. The molecule has 1 atom stereocenters. The zero-order valence-electron chi connectivity index (χ0n) is 10.1. The van der Waals surface area contributed by atoms with Crippen LogP contribution in [0.1, 0.15) is 24.8 Å². The SMILES string of the molecule is OCC(Cc1cccc(F)c1)N1CCCCC1. The molecule has 0 bridgehead atoms. The highest BCUT2D eigenvalue weighted by Gasteiger charge is 2.20. The number of aliphatic hydroxyl groups excluding tert-OH is 1. The van der Waals surface area contributed by atoms with Crippen molar-refractivity contribution in [3.05, 3.63) is 35.6 Å². The van der Waals surface area contributed by atoms with E-state index in [4.69, 9.17) is 0 Å². The Morgan fingerprint density at radius 1 is 1.24 bits per heavy atom. The number of likely N-dealkylation sites (tertiary alicyclic amines) is 1. The molecule has 94 valence electrons. The molecule has 1 aromatic rings. The third-order valence-electron chi connectivity index (χ3n) is 3.48. The summed E-state index contributed by atoms with van der Waals surface area (Å²) in [5.74, 6) is -0.196. The average Bonchev–Trinajstić information content (AvgIpc) is 2.37. The summed E-state index contributed by atoms with van der Waals surface area (Å²) < 4.78 is 13.1. The fourth-order valence-electron chi connectivity index (χ4n) is 2.53. The van der Waals surface area contributed by atoms with Crippen LogP contribution >= 0.6 is 0 Å². The fourth-order valence-corrected chi connectivity index (χ4v) is 2.53. The van der Waals surface area contributed by atoms with E-state index in [-0.39, 0.29) is 18.5 Å². The molecule has 2 rings (SSSR count). The van der Waals surface area contributed by atoms with Crippen molar-refractivity contribution in [1.29, 1.82) is 0 Å². The number of halogens is 1. The molecule has 1 fully saturated rings. The van der Waals surface area contributed by atoms with Gasteiger partial charge in [-0.2, -0.15) is 0 Å². The van der Waals surface area contributed by atoms with Gasteiger partial charge in [0.05, 0.1) is 6.61 Å². The molecule has 0 radical (unpaired) electrons. The van der Waals surface area contributed by atoms with Gasteiger partial charge in [0.15, 0.2) is 0 Å². The quantitative estimate of drug-likeness (QED) is 0.868. The fraction of sp³-hybridized carbons (Fsp3) is 0.571. The van der Waals surface area contributed by atoms with Crippen LogP contribution in [0, 0.1) is 5.82 Å². The lowest BCUT2D eigenvalue weighted by atomic mass is 10.0. The Morgan fingerprint density at radius 3 is 2.65 bits per heavy atom. The summed E-state index contributed by atoms with van der Waals surface area (Å²) >= 11 is 0. The molecule has 0 spiro atoms. The molecule has 1 heterocycles. The van der Waals surface area contributed by atoms with Gasteiger partial charge in [-0.3, -0.25) is 4.90 Å². The summed E-state index contributed by atoms with van der Waals surface area (Å²) in [6, 6.07) is 6.81. The Hall–Kier alpha value is -0.930. The Labute approximate surface area is 102 Å². The normalized spacial score (nSPS) is 19.2. The number of piperidine rings is 1. The predicted molar refractivity (Wildman–Crippen MR) is 66.4 cm³/mol. The average molecular weight is 237 g/mol. The highest BCUT2D eigenvalue weighted by Crippen LogP contribution is 2.16. The van der Waals surface area contributed by atoms with E-state index >= 15 is 0 Å². The maximum Gasteiger partial charge on any atom is 0.123 e. The van der Waals surface area contributed by atoms with Crippen LogP contribution in [0.3, 0.4) is 0 Å². The molecule has 1 unspecified atom stereocenters. The van der Waals surface area contributed by atoms with E-state index in [1.54, 1.807) is 12.1 Å². The Balaban J connectivity index is 1.98. The van der Waals surface area contributed by atoms with Gasteiger partial charge in [0, 0.05) is 6.04 Å². The predicted octanol–water partition coefficient (Wildman–Crippen LogP) is 2.21.